The number of sulfone groups is 1. The highest BCUT2D eigenvalue weighted by Gasteiger charge is 2.47. The van der Waals surface area contributed by atoms with Crippen molar-refractivity contribution in [3.05, 3.63) is 17.5 Å². The topological polar surface area (TPSA) is 86.4 Å². The van der Waals surface area contributed by atoms with Crippen molar-refractivity contribution < 1.29 is 13.2 Å². The Morgan fingerprint density at radius 1 is 1.36 bits per heavy atom. The molecule has 2 saturated heterocycles. The van der Waals surface area contributed by atoms with E-state index in [0.717, 1.165) is 18.5 Å². The molecule has 0 bridgehead atoms. The molecule has 1 aromatic rings. The van der Waals surface area contributed by atoms with Crippen molar-refractivity contribution >= 4 is 15.7 Å². The summed E-state index contributed by atoms with van der Waals surface area (Å²) in [5.41, 5.74) is 1.33. The number of carbonyl (C=O) groups is 1. The third-order valence-electron chi connectivity index (χ3n) is 4.58. The van der Waals surface area contributed by atoms with Crippen LogP contribution >= 0.6 is 0 Å². The number of nitrogens with one attached hydrogen (secondary N) is 1. The van der Waals surface area contributed by atoms with E-state index in [0.29, 0.717) is 18.8 Å². The lowest BCUT2D eigenvalue weighted by molar-refractivity contribution is 0.0404. The van der Waals surface area contributed by atoms with Gasteiger partial charge in [-0.2, -0.15) is 5.10 Å². The number of aromatic amines is 1. The van der Waals surface area contributed by atoms with Crippen molar-refractivity contribution in [3.63, 3.8) is 0 Å². The minimum absolute atomic E-state index is 0.0555. The highest BCUT2D eigenvalue weighted by Crippen LogP contribution is 2.27. The molecule has 2 aliphatic rings. The van der Waals surface area contributed by atoms with Crippen molar-refractivity contribution in [2.75, 3.05) is 31.6 Å². The number of aromatic nitrogens is 2. The number of amides is 1. The quantitative estimate of drug-likeness (QED) is 0.839. The zero-order valence-electron chi connectivity index (χ0n) is 12.9. The summed E-state index contributed by atoms with van der Waals surface area (Å²) in [4.78, 5) is 16.5. The first-order chi connectivity index (χ1) is 10.4. The average Bonchev–Trinajstić information content (AvgIpc) is 3.03. The van der Waals surface area contributed by atoms with Gasteiger partial charge in [-0.05, 0) is 19.5 Å². The molecule has 1 aromatic heterocycles. The summed E-state index contributed by atoms with van der Waals surface area (Å²) in [7, 11) is -1.15. The highest BCUT2D eigenvalue weighted by molar-refractivity contribution is 7.91. The summed E-state index contributed by atoms with van der Waals surface area (Å²) >= 11 is 0. The Hall–Kier alpha value is -1.41. The molecule has 22 heavy (non-hydrogen) atoms. The minimum atomic E-state index is -3.08. The predicted octanol–water partition coefficient (Wildman–Crippen LogP) is -0.0846. The zero-order valence-corrected chi connectivity index (χ0v) is 13.8. The maximum atomic E-state index is 12.7. The van der Waals surface area contributed by atoms with Crippen LogP contribution in [0.25, 0.3) is 0 Å². The summed E-state index contributed by atoms with van der Waals surface area (Å²) in [6.07, 6.45) is 1.83. The van der Waals surface area contributed by atoms with Gasteiger partial charge in [-0.25, -0.2) is 8.42 Å². The number of nitrogens with zero attached hydrogens (tertiary/aromatic N) is 3. The molecular formula is C14H22N4O3S. The number of rotatable bonds is 3. The maximum Gasteiger partial charge on any atom is 0.274 e. The lowest BCUT2D eigenvalue weighted by Gasteiger charge is -2.41. The molecule has 0 unspecified atom stereocenters. The van der Waals surface area contributed by atoms with Crippen LogP contribution in [0.3, 0.4) is 0 Å². The Balaban J connectivity index is 1.82. The number of fused-ring (bicyclic) bond motifs is 1. The fourth-order valence-electron chi connectivity index (χ4n) is 3.39. The summed E-state index contributed by atoms with van der Waals surface area (Å²) in [6, 6.07) is 1.42. The van der Waals surface area contributed by atoms with Gasteiger partial charge < -0.3 is 4.90 Å². The van der Waals surface area contributed by atoms with Crippen molar-refractivity contribution in [2.24, 2.45) is 0 Å². The second-order valence-corrected chi connectivity index (χ2v) is 8.37. The molecule has 0 aliphatic carbocycles. The van der Waals surface area contributed by atoms with E-state index in [4.69, 9.17) is 0 Å². The van der Waals surface area contributed by atoms with E-state index in [1.54, 1.807) is 11.0 Å². The van der Waals surface area contributed by atoms with Gasteiger partial charge in [0.15, 0.2) is 9.84 Å². The molecule has 2 aliphatic heterocycles. The normalized spacial score (nSPS) is 27.8. The van der Waals surface area contributed by atoms with Crippen LogP contribution in [0, 0.1) is 0 Å². The van der Waals surface area contributed by atoms with E-state index < -0.39 is 9.84 Å². The molecule has 1 amide bonds. The smallest absolute Gasteiger partial charge is 0.274 e. The summed E-state index contributed by atoms with van der Waals surface area (Å²) in [5, 5.41) is 6.99. The van der Waals surface area contributed by atoms with E-state index >= 15 is 0 Å². The van der Waals surface area contributed by atoms with Gasteiger partial charge in [0, 0.05) is 24.8 Å². The summed E-state index contributed by atoms with van der Waals surface area (Å²) in [6.45, 7) is 3.30. The Bertz CT molecular complexity index is 669. The third kappa shape index (κ3) is 2.77. The van der Waals surface area contributed by atoms with Crippen molar-refractivity contribution in [2.45, 2.75) is 31.8 Å². The number of H-pyrrole nitrogens is 1. The van der Waals surface area contributed by atoms with Crippen LogP contribution in [0.4, 0.5) is 0 Å². The first kappa shape index (κ1) is 15.5. The number of hydrogen-bond acceptors (Lipinski definition) is 5. The van der Waals surface area contributed by atoms with Gasteiger partial charge >= 0.3 is 0 Å². The number of carbonyl (C=O) groups excluding carboxylic acids is 1. The van der Waals surface area contributed by atoms with Crippen LogP contribution in [0.1, 0.15) is 29.5 Å². The van der Waals surface area contributed by atoms with Crippen LogP contribution in [0.15, 0.2) is 6.07 Å². The Morgan fingerprint density at radius 2 is 2.09 bits per heavy atom. The van der Waals surface area contributed by atoms with Crippen molar-refractivity contribution in [1.82, 2.24) is 20.0 Å². The third-order valence-corrected chi connectivity index (χ3v) is 6.28. The van der Waals surface area contributed by atoms with Gasteiger partial charge in [-0.15, -0.1) is 0 Å². The van der Waals surface area contributed by atoms with Gasteiger partial charge in [-0.3, -0.25) is 14.8 Å². The highest BCUT2D eigenvalue weighted by atomic mass is 32.2. The van der Waals surface area contributed by atoms with Crippen LogP contribution in [0.5, 0.6) is 0 Å². The first-order valence-corrected chi connectivity index (χ1v) is 9.49. The molecule has 0 aromatic carbocycles. The fraction of sp³-hybridized carbons (Fsp3) is 0.714. The molecule has 7 nitrogen and oxygen atoms in total. The van der Waals surface area contributed by atoms with E-state index in [1.807, 2.05) is 11.9 Å². The summed E-state index contributed by atoms with van der Waals surface area (Å²) < 4.78 is 23.9. The summed E-state index contributed by atoms with van der Waals surface area (Å²) in [5.74, 6) is 0.0263. The van der Waals surface area contributed by atoms with Gasteiger partial charge in [-0.1, -0.05) is 13.3 Å². The van der Waals surface area contributed by atoms with Gasteiger partial charge in [0.25, 0.3) is 5.91 Å². The number of likely N-dealkylation sites (N-methyl/N-ethyl adjacent to an activating group) is 1. The molecule has 2 atom stereocenters. The number of aryl methyl sites for hydroxylation is 1. The number of hydrogen-bond donors (Lipinski definition) is 1. The molecule has 0 spiro atoms. The Kier molecular flexibility index (Phi) is 3.98. The van der Waals surface area contributed by atoms with Crippen molar-refractivity contribution in [1.29, 1.82) is 0 Å². The zero-order chi connectivity index (χ0) is 15.9. The van der Waals surface area contributed by atoms with E-state index in [1.165, 1.54) is 0 Å². The largest absolute Gasteiger partial charge is 0.330 e. The molecule has 1 N–H and O–H groups in total. The molecule has 0 radical (unpaired) electrons. The van der Waals surface area contributed by atoms with Crippen molar-refractivity contribution in [3.8, 4) is 0 Å². The van der Waals surface area contributed by atoms with Crippen LogP contribution in [-0.4, -0.2) is 78.0 Å². The van der Waals surface area contributed by atoms with Crippen LogP contribution < -0.4 is 0 Å². The fourth-order valence-corrected chi connectivity index (χ4v) is 5.45. The monoisotopic (exact) mass is 326 g/mol. The molecule has 0 saturated carbocycles. The minimum Gasteiger partial charge on any atom is -0.330 e. The molecule has 8 heteroatoms. The molecule has 3 heterocycles. The second-order valence-electron chi connectivity index (χ2n) is 6.22. The van der Waals surface area contributed by atoms with Gasteiger partial charge in [0.2, 0.25) is 0 Å². The Labute approximate surface area is 130 Å². The van der Waals surface area contributed by atoms with Crippen LogP contribution in [0.2, 0.25) is 0 Å². The lowest BCUT2D eigenvalue weighted by Crippen LogP contribution is -2.59. The van der Waals surface area contributed by atoms with Gasteiger partial charge in [0.05, 0.1) is 17.5 Å². The van der Waals surface area contributed by atoms with E-state index in [9.17, 15) is 13.2 Å². The standard InChI is InChI=1S/C14H22N4O3S/c1-3-4-10-7-11(16-15-10)14(19)18-6-5-17(2)12-8-22(20,21)9-13(12)18/h7,12-13H,3-6,8-9H2,1-2H3,(H,15,16)/t12-,13+/m1/s1. The molecule has 3 rings (SSSR count). The molecular weight excluding hydrogens is 304 g/mol. The van der Waals surface area contributed by atoms with E-state index in [2.05, 4.69) is 17.1 Å². The van der Waals surface area contributed by atoms with Gasteiger partial charge in [0.1, 0.15) is 5.69 Å². The number of piperazine rings is 1. The first-order valence-electron chi connectivity index (χ1n) is 7.67. The van der Waals surface area contributed by atoms with E-state index in [-0.39, 0.29) is 29.5 Å². The van der Waals surface area contributed by atoms with Crippen LogP contribution in [-0.2, 0) is 16.3 Å². The second kappa shape index (κ2) is 5.66. The average molecular weight is 326 g/mol. The molecule has 2 fully saturated rings. The maximum absolute atomic E-state index is 12.7. The lowest BCUT2D eigenvalue weighted by atomic mass is 10.0. The Morgan fingerprint density at radius 3 is 2.82 bits per heavy atom. The molecule has 122 valence electrons. The SMILES string of the molecule is CCCc1cc(C(=O)N2CCN(C)[C@@H]3CS(=O)(=O)C[C@@H]32)n[nH]1. The predicted molar refractivity (Wildman–Crippen MR) is 82.5 cm³/mol.